The molecule has 1 unspecified atom stereocenters. The standard InChI is InChI=1S/C12H18N4OS/c1-7-8(2)14-15-12(10(7)11(13)18)16-5-4-9(6-16)17-3/h9H,4-6H2,1-3H3,(H2,13,18). The fraction of sp³-hybridized carbons (Fsp3) is 0.583. The number of methoxy groups -OCH3 is 1. The Bertz CT molecular complexity index is 477. The van der Waals surface area contributed by atoms with Crippen molar-refractivity contribution in [2.24, 2.45) is 5.73 Å². The summed E-state index contributed by atoms with van der Waals surface area (Å²) in [6.07, 6.45) is 1.23. The first kappa shape index (κ1) is 13.2. The summed E-state index contributed by atoms with van der Waals surface area (Å²) in [5.41, 5.74) is 8.54. The molecular formula is C12H18N4OS. The van der Waals surface area contributed by atoms with Gasteiger partial charge in [0.1, 0.15) is 4.99 Å². The van der Waals surface area contributed by atoms with Crippen molar-refractivity contribution in [1.29, 1.82) is 0 Å². The molecule has 0 amide bonds. The summed E-state index contributed by atoms with van der Waals surface area (Å²) in [4.78, 5) is 2.52. The first-order chi connectivity index (χ1) is 8.54. The Labute approximate surface area is 112 Å². The zero-order valence-corrected chi connectivity index (χ0v) is 11.8. The summed E-state index contributed by atoms with van der Waals surface area (Å²) < 4.78 is 5.36. The van der Waals surface area contributed by atoms with Gasteiger partial charge in [-0.25, -0.2) is 0 Å². The zero-order chi connectivity index (χ0) is 13.3. The Balaban J connectivity index is 2.39. The molecule has 1 aliphatic heterocycles. The molecule has 2 heterocycles. The van der Waals surface area contributed by atoms with Crippen LogP contribution in [0.1, 0.15) is 23.2 Å². The van der Waals surface area contributed by atoms with Crippen LogP contribution in [-0.2, 0) is 4.74 Å². The molecule has 2 N–H and O–H groups in total. The summed E-state index contributed by atoms with van der Waals surface area (Å²) in [7, 11) is 1.73. The van der Waals surface area contributed by atoms with E-state index in [0.29, 0.717) is 4.99 Å². The first-order valence-electron chi connectivity index (χ1n) is 5.96. The molecule has 0 saturated carbocycles. The van der Waals surface area contributed by atoms with Crippen LogP contribution in [0.15, 0.2) is 0 Å². The van der Waals surface area contributed by atoms with Gasteiger partial charge < -0.3 is 15.4 Å². The number of rotatable bonds is 3. The molecule has 1 aromatic rings. The first-order valence-corrected chi connectivity index (χ1v) is 6.36. The van der Waals surface area contributed by atoms with Crippen LogP contribution in [-0.4, -0.2) is 41.5 Å². The van der Waals surface area contributed by atoms with Crippen molar-refractivity contribution < 1.29 is 4.74 Å². The summed E-state index contributed by atoms with van der Waals surface area (Å²) in [5, 5.41) is 8.43. The number of aromatic nitrogens is 2. The monoisotopic (exact) mass is 266 g/mol. The van der Waals surface area contributed by atoms with Gasteiger partial charge in [0.05, 0.1) is 17.4 Å². The third-order valence-electron chi connectivity index (χ3n) is 3.46. The highest BCUT2D eigenvalue weighted by atomic mass is 32.1. The Morgan fingerprint density at radius 1 is 1.44 bits per heavy atom. The lowest BCUT2D eigenvalue weighted by atomic mass is 10.1. The van der Waals surface area contributed by atoms with Gasteiger partial charge in [-0.3, -0.25) is 0 Å². The predicted molar refractivity (Wildman–Crippen MR) is 75.0 cm³/mol. The second kappa shape index (κ2) is 5.16. The van der Waals surface area contributed by atoms with Crippen molar-refractivity contribution in [2.45, 2.75) is 26.4 Å². The van der Waals surface area contributed by atoms with Crippen LogP contribution in [0.5, 0.6) is 0 Å². The highest BCUT2D eigenvalue weighted by Crippen LogP contribution is 2.26. The molecule has 1 saturated heterocycles. The van der Waals surface area contributed by atoms with Crippen LogP contribution < -0.4 is 10.6 Å². The summed E-state index contributed by atoms with van der Waals surface area (Å²) in [5.74, 6) is 0.783. The molecule has 1 aliphatic rings. The van der Waals surface area contributed by atoms with E-state index in [0.717, 1.165) is 42.1 Å². The number of ether oxygens (including phenoxy) is 1. The van der Waals surface area contributed by atoms with Gasteiger partial charge in [0.15, 0.2) is 5.82 Å². The largest absolute Gasteiger partial charge is 0.389 e. The van der Waals surface area contributed by atoms with Crippen molar-refractivity contribution in [3.8, 4) is 0 Å². The van der Waals surface area contributed by atoms with Crippen LogP contribution >= 0.6 is 12.2 Å². The van der Waals surface area contributed by atoms with Gasteiger partial charge in [0.25, 0.3) is 0 Å². The Morgan fingerprint density at radius 3 is 2.72 bits per heavy atom. The van der Waals surface area contributed by atoms with E-state index in [2.05, 4.69) is 15.1 Å². The summed E-state index contributed by atoms with van der Waals surface area (Å²) in [6, 6.07) is 0. The third-order valence-corrected chi connectivity index (χ3v) is 3.66. The molecule has 18 heavy (non-hydrogen) atoms. The molecule has 0 bridgehead atoms. The van der Waals surface area contributed by atoms with E-state index in [-0.39, 0.29) is 6.10 Å². The third kappa shape index (κ3) is 2.30. The number of aryl methyl sites for hydroxylation is 1. The second-order valence-electron chi connectivity index (χ2n) is 4.57. The molecule has 98 valence electrons. The van der Waals surface area contributed by atoms with Gasteiger partial charge in [0.2, 0.25) is 0 Å². The molecule has 6 heteroatoms. The smallest absolute Gasteiger partial charge is 0.161 e. The lowest BCUT2D eigenvalue weighted by Gasteiger charge is -2.21. The number of thiocarbonyl (C=S) groups is 1. The predicted octanol–water partition coefficient (Wildman–Crippen LogP) is 0.953. The minimum atomic E-state index is 0.243. The van der Waals surface area contributed by atoms with Gasteiger partial charge in [-0.2, -0.15) is 5.10 Å². The minimum absolute atomic E-state index is 0.243. The van der Waals surface area contributed by atoms with Gasteiger partial charge in [-0.1, -0.05) is 12.2 Å². The fourth-order valence-corrected chi connectivity index (χ4v) is 2.47. The highest BCUT2D eigenvalue weighted by molar-refractivity contribution is 7.80. The van der Waals surface area contributed by atoms with E-state index in [1.54, 1.807) is 7.11 Å². The molecule has 0 radical (unpaired) electrons. The number of nitrogens with two attached hydrogens (primary N) is 1. The van der Waals surface area contributed by atoms with E-state index in [9.17, 15) is 0 Å². The maximum atomic E-state index is 5.82. The zero-order valence-electron chi connectivity index (χ0n) is 10.9. The normalized spacial score (nSPS) is 19.3. The van der Waals surface area contributed by atoms with Crippen molar-refractivity contribution in [3.05, 3.63) is 16.8 Å². The topological polar surface area (TPSA) is 64.3 Å². The van der Waals surface area contributed by atoms with Crippen molar-refractivity contribution >= 4 is 23.0 Å². The van der Waals surface area contributed by atoms with Crippen molar-refractivity contribution in [2.75, 3.05) is 25.1 Å². The summed E-state index contributed by atoms with van der Waals surface area (Å²) in [6.45, 7) is 5.59. The average molecular weight is 266 g/mol. The number of nitrogens with zero attached hydrogens (tertiary/aromatic N) is 3. The molecule has 1 atom stereocenters. The second-order valence-corrected chi connectivity index (χ2v) is 5.01. The molecule has 0 aromatic carbocycles. The van der Waals surface area contributed by atoms with Gasteiger partial charge in [0, 0.05) is 20.2 Å². The Morgan fingerprint density at radius 2 is 2.17 bits per heavy atom. The van der Waals surface area contributed by atoms with Crippen LogP contribution in [0, 0.1) is 13.8 Å². The Kier molecular flexibility index (Phi) is 3.77. The maximum absolute atomic E-state index is 5.82. The van der Waals surface area contributed by atoms with E-state index >= 15 is 0 Å². The molecule has 5 nitrogen and oxygen atoms in total. The van der Waals surface area contributed by atoms with E-state index in [1.807, 2.05) is 13.8 Å². The number of hydrogen-bond donors (Lipinski definition) is 1. The lowest BCUT2D eigenvalue weighted by molar-refractivity contribution is 0.121. The highest BCUT2D eigenvalue weighted by Gasteiger charge is 2.27. The van der Waals surface area contributed by atoms with E-state index in [4.69, 9.17) is 22.7 Å². The number of hydrogen-bond acceptors (Lipinski definition) is 5. The van der Waals surface area contributed by atoms with Crippen molar-refractivity contribution in [1.82, 2.24) is 10.2 Å². The van der Waals surface area contributed by atoms with Gasteiger partial charge >= 0.3 is 0 Å². The Hall–Kier alpha value is -1.27. The quantitative estimate of drug-likeness (QED) is 0.822. The number of anilines is 1. The van der Waals surface area contributed by atoms with E-state index in [1.165, 1.54) is 0 Å². The minimum Gasteiger partial charge on any atom is -0.389 e. The molecule has 1 fully saturated rings. The summed E-state index contributed by atoms with van der Waals surface area (Å²) >= 11 is 5.14. The van der Waals surface area contributed by atoms with Crippen LogP contribution in [0.4, 0.5) is 5.82 Å². The fourth-order valence-electron chi connectivity index (χ4n) is 2.23. The van der Waals surface area contributed by atoms with E-state index < -0.39 is 0 Å². The molecular weight excluding hydrogens is 248 g/mol. The van der Waals surface area contributed by atoms with Crippen LogP contribution in [0.3, 0.4) is 0 Å². The van der Waals surface area contributed by atoms with Gasteiger partial charge in [-0.15, -0.1) is 5.10 Å². The SMILES string of the molecule is COC1CCN(c2nnc(C)c(C)c2C(N)=S)C1. The molecule has 1 aromatic heterocycles. The van der Waals surface area contributed by atoms with Gasteiger partial charge in [-0.05, 0) is 25.8 Å². The molecule has 0 aliphatic carbocycles. The molecule has 2 rings (SSSR count). The average Bonchev–Trinajstić information content (AvgIpc) is 2.80. The maximum Gasteiger partial charge on any atom is 0.161 e. The lowest BCUT2D eigenvalue weighted by Crippen LogP contribution is -2.28. The van der Waals surface area contributed by atoms with Crippen molar-refractivity contribution in [3.63, 3.8) is 0 Å². The van der Waals surface area contributed by atoms with Crippen LogP contribution in [0.2, 0.25) is 0 Å². The van der Waals surface area contributed by atoms with Crippen LogP contribution in [0.25, 0.3) is 0 Å². The molecule has 0 spiro atoms.